The van der Waals surface area contributed by atoms with Crippen molar-refractivity contribution in [3.05, 3.63) is 27.7 Å². The summed E-state index contributed by atoms with van der Waals surface area (Å²) in [6, 6.07) is 1.90. The van der Waals surface area contributed by atoms with Gasteiger partial charge in [-0.3, -0.25) is 0 Å². The second kappa shape index (κ2) is 3.78. The number of hydrogen-bond donors (Lipinski definition) is 2. The molecule has 14 heavy (non-hydrogen) atoms. The summed E-state index contributed by atoms with van der Waals surface area (Å²) in [5.74, 6) is 0. The molecule has 4 N–H and O–H groups in total. The van der Waals surface area contributed by atoms with Crippen LogP contribution in [0.5, 0.6) is 0 Å². The largest absolute Gasteiger partial charge is 0.416 e. The van der Waals surface area contributed by atoms with Crippen molar-refractivity contribution in [1.82, 2.24) is 0 Å². The van der Waals surface area contributed by atoms with Crippen molar-refractivity contribution in [2.24, 2.45) is 5.73 Å². The van der Waals surface area contributed by atoms with Crippen LogP contribution in [0, 0.1) is 0 Å². The van der Waals surface area contributed by atoms with E-state index < -0.39 is 11.7 Å². The Kier molecular flexibility index (Phi) is 3.06. The van der Waals surface area contributed by atoms with Gasteiger partial charge in [-0.2, -0.15) is 13.2 Å². The Labute approximate surface area is 87.2 Å². The van der Waals surface area contributed by atoms with Crippen LogP contribution < -0.4 is 11.5 Å². The third-order valence-electron chi connectivity index (χ3n) is 1.76. The van der Waals surface area contributed by atoms with Gasteiger partial charge in [-0.1, -0.05) is 0 Å². The molecule has 0 amide bonds. The molecule has 78 valence electrons. The molecule has 0 bridgehead atoms. The third kappa shape index (κ3) is 2.19. The van der Waals surface area contributed by atoms with E-state index in [2.05, 4.69) is 15.9 Å². The number of hydrogen-bond acceptors (Lipinski definition) is 2. The summed E-state index contributed by atoms with van der Waals surface area (Å²) in [4.78, 5) is 0. The van der Waals surface area contributed by atoms with E-state index in [9.17, 15) is 13.2 Å². The highest BCUT2D eigenvalue weighted by Crippen LogP contribution is 2.34. The van der Waals surface area contributed by atoms with E-state index in [1.54, 1.807) is 0 Å². The fourth-order valence-electron chi connectivity index (χ4n) is 1.01. The van der Waals surface area contributed by atoms with Crippen LogP contribution >= 0.6 is 15.9 Å². The van der Waals surface area contributed by atoms with Crippen LogP contribution in [0.15, 0.2) is 16.6 Å². The monoisotopic (exact) mass is 268 g/mol. The first kappa shape index (κ1) is 11.3. The van der Waals surface area contributed by atoms with Gasteiger partial charge in [0.15, 0.2) is 0 Å². The summed E-state index contributed by atoms with van der Waals surface area (Å²) in [6.07, 6.45) is -4.37. The van der Waals surface area contributed by atoms with E-state index in [0.29, 0.717) is 0 Å². The first-order valence-electron chi connectivity index (χ1n) is 3.71. The van der Waals surface area contributed by atoms with Gasteiger partial charge in [-0.15, -0.1) is 0 Å². The van der Waals surface area contributed by atoms with Gasteiger partial charge in [0.05, 0.1) is 11.3 Å². The van der Waals surface area contributed by atoms with Gasteiger partial charge in [0, 0.05) is 11.0 Å². The third-order valence-corrected chi connectivity index (χ3v) is 2.42. The zero-order valence-corrected chi connectivity index (χ0v) is 8.61. The summed E-state index contributed by atoms with van der Waals surface area (Å²) in [5.41, 5.74) is 10.6. The summed E-state index contributed by atoms with van der Waals surface area (Å²) < 4.78 is 37.2. The molecule has 0 atom stereocenters. The van der Waals surface area contributed by atoms with E-state index >= 15 is 0 Å². The fraction of sp³-hybridized carbons (Fsp3) is 0.250. The molecule has 0 saturated heterocycles. The normalized spacial score (nSPS) is 11.8. The minimum Gasteiger partial charge on any atom is -0.398 e. The number of alkyl halides is 3. The van der Waals surface area contributed by atoms with Crippen LogP contribution in [-0.2, 0) is 12.7 Å². The van der Waals surface area contributed by atoms with Crippen LogP contribution in [0.1, 0.15) is 11.1 Å². The van der Waals surface area contributed by atoms with Gasteiger partial charge < -0.3 is 11.5 Å². The molecule has 0 heterocycles. The van der Waals surface area contributed by atoms with Gasteiger partial charge in [-0.25, -0.2) is 0 Å². The van der Waals surface area contributed by atoms with Crippen molar-refractivity contribution >= 4 is 21.6 Å². The molecule has 0 aromatic heterocycles. The molecular formula is C8H8BrF3N2. The Morgan fingerprint density at radius 1 is 1.29 bits per heavy atom. The van der Waals surface area contributed by atoms with Crippen molar-refractivity contribution in [3.63, 3.8) is 0 Å². The molecule has 0 fully saturated rings. The lowest BCUT2D eigenvalue weighted by Gasteiger charge is -2.11. The quantitative estimate of drug-likeness (QED) is 0.769. The van der Waals surface area contributed by atoms with Crippen molar-refractivity contribution in [3.8, 4) is 0 Å². The topological polar surface area (TPSA) is 52.0 Å². The Balaban J connectivity index is 3.30. The van der Waals surface area contributed by atoms with E-state index in [-0.39, 0.29) is 22.3 Å². The summed E-state index contributed by atoms with van der Waals surface area (Å²) >= 11 is 2.95. The summed E-state index contributed by atoms with van der Waals surface area (Å²) in [6.45, 7) is -0.0195. The van der Waals surface area contributed by atoms with Gasteiger partial charge in [-0.05, 0) is 33.6 Å². The Morgan fingerprint density at radius 3 is 2.29 bits per heavy atom. The van der Waals surface area contributed by atoms with Crippen LogP contribution in [-0.4, -0.2) is 0 Å². The van der Waals surface area contributed by atoms with E-state index in [4.69, 9.17) is 11.5 Å². The average molecular weight is 269 g/mol. The highest BCUT2D eigenvalue weighted by molar-refractivity contribution is 9.10. The van der Waals surface area contributed by atoms with Crippen molar-refractivity contribution in [2.75, 3.05) is 5.73 Å². The molecule has 0 aliphatic carbocycles. The molecule has 0 spiro atoms. The first-order chi connectivity index (χ1) is 6.36. The minimum absolute atomic E-state index is 0.0195. The maximum atomic E-state index is 12.3. The molecule has 1 aromatic rings. The molecular weight excluding hydrogens is 261 g/mol. The molecule has 1 aromatic carbocycles. The lowest BCUT2D eigenvalue weighted by Crippen LogP contribution is -2.09. The Morgan fingerprint density at radius 2 is 1.86 bits per heavy atom. The average Bonchev–Trinajstić information content (AvgIpc) is 2.07. The van der Waals surface area contributed by atoms with E-state index in [0.717, 1.165) is 12.1 Å². The van der Waals surface area contributed by atoms with Gasteiger partial charge >= 0.3 is 6.18 Å². The van der Waals surface area contributed by atoms with Crippen molar-refractivity contribution in [1.29, 1.82) is 0 Å². The summed E-state index contributed by atoms with van der Waals surface area (Å²) in [7, 11) is 0. The number of anilines is 1. The lowest BCUT2D eigenvalue weighted by atomic mass is 10.1. The van der Waals surface area contributed by atoms with Crippen molar-refractivity contribution < 1.29 is 13.2 Å². The van der Waals surface area contributed by atoms with Crippen LogP contribution in [0.4, 0.5) is 18.9 Å². The molecule has 0 aliphatic heterocycles. The number of nitrogens with two attached hydrogens (primary N) is 2. The lowest BCUT2D eigenvalue weighted by molar-refractivity contribution is -0.137. The molecule has 6 heteroatoms. The SMILES string of the molecule is NCc1cc(C(F)(F)F)cc(Br)c1N. The second-order valence-electron chi connectivity index (χ2n) is 2.73. The van der Waals surface area contributed by atoms with Crippen LogP contribution in [0.25, 0.3) is 0 Å². The zero-order valence-electron chi connectivity index (χ0n) is 7.03. The molecule has 1 rings (SSSR count). The molecule has 0 aliphatic rings. The zero-order chi connectivity index (χ0) is 10.9. The Hall–Kier alpha value is -0.750. The number of nitrogen functional groups attached to an aromatic ring is 1. The van der Waals surface area contributed by atoms with Gasteiger partial charge in [0.25, 0.3) is 0 Å². The summed E-state index contributed by atoms with van der Waals surface area (Å²) in [5, 5.41) is 0. The smallest absolute Gasteiger partial charge is 0.398 e. The predicted molar refractivity (Wildman–Crippen MR) is 51.4 cm³/mol. The van der Waals surface area contributed by atoms with Gasteiger partial charge in [0.1, 0.15) is 0 Å². The fourth-order valence-corrected chi connectivity index (χ4v) is 1.51. The second-order valence-corrected chi connectivity index (χ2v) is 3.59. The maximum Gasteiger partial charge on any atom is 0.416 e. The van der Waals surface area contributed by atoms with E-state index in [1.165, 1.54) is 0 Å². The predicted octanol–water partition coefficient (Wildman–Crippen LogP) is 2.51. The molecule has 0 unspecified atom stereocenters. The number of halogens is 4. The molecule has 0 saturated carbocycles. The van der Waals surface area contributed by atoms with E-state index in [1.807, 2.05) is 0 Å². The molecule has 0 radical (unpaired) electrons. The Bertz CT molecular complexity index is 349. The van der Waals surface area contributed by atoms with Crippen LogP contribution in [0.3, 0.4) is 0 Å². The first-order valence-corrected chi connectivity index (χ1v) is 4.50. The highest BCUT2D eigenvalue weighted by Gasteiger charge is 2.31. The van der Waals surface area contributed by atoms with Crippen LogP contribution in [0.2, 0.25) is 0 Å². The highest BCUT2D eigenvalue weighted by atomic mass is 79.9. The molecule has 2 nitrogen and oxygen atoms in total. The standard InChI is InChI=1S/C8H8BrF3N2/c9-6-2-5(8(10,11)12)1-4(3-13)7(6)14/h1-2H,3,13-14H2. The van der Waals surface area contributed by atoms with Crippen molar-refractivity contribution in [2.45, 2.75) is 12.7 Å². The number of benzene rings is 1. The van der Waals surface area contributed by atoms with Gasteiger partial charge in [0.2, 0.25) is 0 Å². The maximum absolute atomic E-state index is 12.3. The number of rotatable bonds is 1. The minimum atomic E-state index is -4.37.